The van der Waals surface area contributed by atoms with E-state index in [-0.39, 0.29) is 11.9 Å². The summed E-state index contributed by atoms with van der Waals surface area (Å²) in [4.78, 5) is 11.5. The fourth-order valence-electron chi connectivity index (χ4n) is 1.69. The lowest BCUT2D eigenvalue weighted by Gasteiger charge is -2.15. The first-order valence-electron chi connectivity index (χ1n) is 6.85. The van der Waals surface area contributed by atoms with Gasteiger partial charge in [0.15, 0.2) is 0 Å². The third kappa shape index (κ3) is 5.30. The minimum atomic E-state index is 0.0738. The lowest BCUT2D eigenvalue weighted by Crippen LogP contribution is -2.41. The van der Waals surface area contributed by atoms with Crippen LogP contribution in [-0.4, -0.2) is 31.1 Å². The quantitative estimate of drug-likeness (QED) is 0.785. The number of carbonyl (C=O) groups excluding carboxylic acids is 1. The van der Waals surface area contributed by atoms with Gasteiger partial charge in [-0.2, -0.15) is 0 Å². The summed E-state index contributed by atoms with van der Waals surface area (Å²) >= 11 is 0. The molecule has 2 N–H and O–H groups in total. The van der Waals surface area contributed by atoms with Gasteiger partial charge in [-0.1, -0.05) is 17.7 Å². The molecular formula is C15H22N2O2. The van der Waals surface area contributed by atoms with Crippen molar-refractivity contribution in [1.29, 1.82) is 0 Å². The van der Waals surface area contributed by atoms with Gasteiger partial charge in [-0.15, -0.1) is 0 Å². The van der Waals surface area contributed by atoms with Crippen LogP contribution in [0.25, 0.3) is 0 Å². The first kappa shape index (κ1) is 13.9. The molecule has 0 radical (unpaired) electrons. The predicted molar refractivity (Wildman–Crippen MR) is 75.3 cm³/mol. The van der Waals surface area contributed by atoms with Gasteiger partial charge in [-0.3, -0.25) is 4.79 Å². The van der Waals surface area contributed by atoms with Crippen LogP contribution in [0.15, 0.2) is 24.3 Å². The van der Waals surface area contributed by atoms with Crippen molar-refractivity contribution < 1.29 is 9.53 Å². The molecular weight excluding hydrogens is 240 g/mol. The Balaban J connectivity index is 1.62. The molecule has 1 aliphatic rings. The van der Waals surface area contributed by atoms with Gasteiger partial charge in [0.25, 0.3) is 0 Å². The second kappa shape index (κ2) is 6.57. The van der Waals surface area contributed by atoms with Crippen LogP contribution >= 0.6 is 0 Å². The lowest BCUT2D eigenvalue weighted by molar-refractivity contribution is -0.120. The number of benzene rings is 1. The second-order valence-electron chi connectivity index (χ2n) is 5.25. The molecule has 0 heterocycles. The van der Waals surface area contributed by atoms with Gasteiger partial charge in [0.05, 0.1) is 6.54 Å². The predicted octanol–water partition coefficient (Wildman–Crippen LogP) is 1.63. The highest BCUT2D eigenvalue weighted by atomic mass is 16.5. The lowest BCUT2D eigenvalue weighted by atomic mass is 10.2. The largest absolute Gasteiger partial charge is 0.492 e. The van der Waals surface area contributed by atoms with Crippen molar-refractivity contribution in [1.82, 2.24) is 10.6 Å². The fourth-order valence-corrected chi connectivity index (χ4v) is 1.69. The number of aryl methyl sites for hydroxylation is 1. The third-order valence-corrected chi connectivity index (χ3v) is 3.07. The average Bonchev–Trinajstić information content (AvgIpc) is 3.19. The van der Waals surface area contributed by atoms with Gasteiger partial charge in [0.2, 0.25) is 5.91 Å². The van der Waals surface area contributed by atoms with E-state index < -0.39 is 0 Å². The monoisotopic (exact) mass is 262 g/mol. The second-order valence-corrected chi connectivity index (χ2v) is 5.25. The molecule has 0 spiro atoms. The number of carbonyl (C=O) groups is 1. The van der Waals surface area contributed by atoms with Crippen LogP contribution < -0.4 is 15.4 Å². The molecule has 0 aliphatic heterocycles. The zero-order valence-corrected chi connectivity index (χ0v) is 11.6. The van der Waals surface area contributed by atoms with E-state index in [9.17, 15) is 4.79 Å². The Morgan fingerprint density at radius 3 is 2.68 bits per heavy atom. The Labute approximate surface area is 114 Å². The summed E-state index contributed by atoms with van der Waals surface area (Å²) in [7, 11) is 0. The van der Waals surface area contributed by atoms with Crippen molar-refractivity contribution in [2.24, 2.45) is 0 Å². The summed E-state index contributed by atoms with van der Waals surface area (Å²) in [5, 5.41) is 6.11. The number of hydrogen-bond acceptors (Lipinski definition) is 3. The van der Waals surface area contributed by atoms with E-state index in [1.807, 2.05) is 38.1 Å². The van der Waals surface area contributed by atoms with Crippen LogP contribution in [0.4, 0.5) is 0 Å². The van der Waals surface area contributed by atoms with Crippen molar-refractivity contribution in [2.75, 3.05) is 13.2 Å². The van der Waals surface area contributed by atoms with E-state index in [4.69, 9.17) is 4.74 Å². The summed E-state index contributed by atoms with van der Waals surface area (Å²) in [6.07, 6.45) is 2.25. The molecule has 0 saturated heterocycles. The zero-order valence-electron chi connectivity index (χ0n) is 11.6. The zero-order chi connectivity index (χ0) is 13.7. The number of hydrogen-bond donors (Lipinski definition) is 2. The van der Waals surface area contributed by atoms with E-state index >= 15 is 0 Å². The smallest absolute Gasteiger partial charge is 0.234 e. The molecule has 104 valence electrons. The Morgan fingerprint density at radius 2 is 2.05 bits per heavy atom. The normalized spacial score (nSPS) is 15.9. The topological polar surface area (TPSA) is 50.4 Å². The summed E-state index contributed by atoms with van der Waals surface area (Å²) in [6, 6.07) is 8.54. The minimum Gasteiger partial charge on any atom is -0.492 e. The summed E-state index contributed by atoms with van der Waals surface area (Å²) in [6.45, 7) is 4.97. The molecule has 4 heteroatoms. The number of rotatable bonds is 7. The van der Waals surface area contributed by atoms with E-state index in [1.54, 1.807) is 0 Å². The number of nitrogens with one attached hydrogen (secondary N) is 2. The molecule has 0 aromatic heterocycles. The molecule has 1 unspecified atom stereocenters. The van der Waals surface area contributed by atoms with Crippen LogP contribution in [0.1, 0.15) is 25.3 Å². The SMILES string of the molecule is Cc1ccc(OCC(C)NCC(=O)NC2CC2)cc1. The average molecular weight is 262 g/mol. The summed E-state index contributed by atoms with van der Waals surface area (Å²) in [5.41, 5.74) is 1.22. The van der Waals surface area contributed by atoms with Gasteiger partial charge in [-0.05, 0) is 38.8 Å². The number of ether oxygens (including phenoxy) is 1. The first-order valence-corrected chi connectivity index (χ1v) is 6.85. The Bertz CT molecular complexity index is 413. The van der Waals surface area contributed by atoms with Gasteiger partial charge in [0.1, 0.15) is 12.4 Å². The Hall–Kier alpha value is -1.55. The van der Waals surface area contributed by atoms with Crippen LogP contribution in [0.5, 0.6) is 5.75 Å². The van der Waals surface area contributed by atoms with Crippen LogP contribution in [-0.2, 0) is 4.79 Å². The molecule has 0 bridgehead atoms. The Morgan fingerprint density at radius 1 is 1.37 bits per heavy atom. The highest BCUT2D eigenvalue weighted by Crippen LogP contribution is 2.18. The number of amides is 1. The minimum absolute atomic E-state index is 0.0738. The van der Waals surface area contributed by atoms with E-state index in [0.717, 1.165) is 18.6 Å². The van der Waals surface area contributed by atoms with E-state index in [1.165, 1.54) is 5.56 Å². The van der Waals surface area contributed by atoms with Crippen molar-refractivity contribution in [2.45, 2.75) is 38.8 Å². The molecule has 1 saturated carbocycles. The standard InChI is InChI=1S/C15H22N2O2/c1-11-3-7-14(8-4-11)19-10-12(2)16-9-15(18)17-13-5-6-13/h3-4,7-8,12-13,16H,5-6,9-10H2,1-2H3,(H,17,18). The third-order valence-electron chi connectivity index (χ3n) is 3.07. The fraction of sp³-hybridized carbons (Fsp3) is 0.533. The van der Waals surface area contributed by atoms with E-state index in [2.05, 4.69) is 10.6 Å². The van der Waals surface area contributed by atoms with Crippen molar-refractivity contribution >= 4 is 5.91 Å². The maximum Gasteiger partial charge on any atom is 0.234 e. The molecule has 1 aromatic rings. The highest BCUT2D eigenvalue weighted by molar-refractivity contribution is 5.78. The molecule has 1 atom stereocenters. The van der Waals surface area contributed by atoms with Crippen molar-refractivity contribution in [3.05, 3.63) is 29.8 Å². The Kier molecular flexibility index (Phi) is 4.80. The summed E-state index contributed by atoms with van der Waals surface area (Å²) < 4.78 is 5.65. The molecule has 1 fully saturated rings. The van der Waals surface area contributed by atoms with Gasteiger partial charge in [0, 0.05) is 12.1 Å². The van der Waals surface area contributed by atoms with Crippen molar-refractivity contribution in [3.8, 4) is 5.75 Å². The molecule has 2 rings (SSSR count). The van der Waals surface area contributed by atoms with Gasteiger partial charge in [-0.25, -0.2) is 0 Å². The molecule has 1 aromatic carbocycles. The van der Waals surface area contributed by atoms with Crippen molar-refractivity contribution in [3.63, 3.8) is 0 Å². The summed E-state index contributed by atoms with van der Waals surface area (Å²) in [5.74, 6) is 0.936. The highest BCUT2D eigenvalue weighted by Gasteiger charge is 2.22. The van der Waals surface area contributed by atoms with Crippen LogP contribution in [0.3, 0.4) is 0 Å². The van der Waals surface area contributed by atoms with E-state index in [0.29, 0.717) is 19.2 Å². The van der Waals surface area contributed by atoms with Crippen LogP contribution in [0.2, 0.25) is 0 Å². The van der Waals surface area contributed by atoms with Gasteiger partial charge < -0.3 is 15.4 Å². The maximum absolute atomic E-state index is 11.5. The molecule has 1 amide bonds. The molecule has 19 heavy (non-hydrogen) atoms. The molecule has 4 nitrogen and oxygen atoms in total. The first-order chi connectivity index (χ1) is 9.13. The van der Waals surface area contributed by atoms with Gasteiger partial charge >= 0.3 is 0 Å². The maximum atomic E-state index is 11.5. The van der Waals surface area contributed by atoms with Crippen LogP contribution in [0, 0.1) is 6.92 Å². The molecule has 1 aliphatic carbocycles.